The van der Waals surface area contributed by atoms with E-state index in [4.69, 9.17) is 5.84 Å². The standard InChI is InChI=1S/C13H16N4O3S/c1-9(10-5-3-2-4-6-10)17-21(19,20)11-7-12(15-8-11)13(18)16-14/h2-9,15,17H,14H2,1H3,(H,16,18). The molecular weight excluding hydrogens is 292 g/mol. The highest BCUT2D eigenvalue weighted by Gasteiger charge is 2.21. The van der Waals surface area contributed by atoms with E-state index >= 15 is 0 Å². The van der Waals surface area contributed by atoms with Crippen molar-refractivity contribution in [1.82, 2.24) is 15.1 Å². The lowest BCUT2D eigenvalue weighted by Crippen LogP contribution is -2.30. The van der Waals surface area contributed by atoms with E-state index in [2.05, 4.69) is 9.71 Å². The van der Waals surface area contributed by atoms with E-state index in [9.17, 15) is 13.2 Å². The molecule has 2 aromatic rings. The quantitative estimate of drug-likeness (QED) is 0.369. The average molecular weight is 308 g/mol. The largest absolute Gasteiger partial charge is 0.356 e. The minimum atomic E-state index is -3.73. The molecule has 1 aromatic carbocycles. The molecule has 8 heteroatoms. The van der Waals surface area contributed by atoms with Crippen LogP contribution in [0.4, 0.5) is 0 Å². The predicted octanol–water partition coefficient (Wildman–Crippen LogP) is 0.658. The molecule has 1 atom stereocenters. The van der Waals surface area contributed by atoms with E-state index in [1.54, 1.807) is 6.92 Å². The van der Waals surface area contributed by atoms with Crippen LogP contribution in [0.3, 0.4) is 0 Å². The molecule has 0 aliphatic carbocycles. The van der Waals surface area contributed by atoms with Gasteiger partial charge in [-0.3, -0.25) is 10.2 Å². The number of H-pyrrole nitrogens is 1. The van der Waals surface area contributed by atoms with E-state index in [1.165, 1.54) is 12.3 Å². The van der Waals surface area contributed by atoms with Gasteiger partial charge in [-0.2, -0.15) is 0 Å². The van der Waals surface area contributed by atoms with Crippen LogP contribution in [0.5, 0.6) is 0 Å². The lowest BCUT2D eigenvalue weighted by molar-refractivity contribution is 0.0949. The van der Waals surface area contributed by atoms with Gasteiger partial charge in [0.1, 0.15) is 10.6 Å². The summed E-state index contributed by atoms with van der Waals surface area (Å²) in [5.74, 6) is 4.40. The van der Waals surface area contributed by atoms with Gasteiger partial charge in [0.15, 0.2) is 0 Å². The zero-order valence-electron chi connectivity index (χ0n) is 11.3. The number of nitrogen functional groups attached to an aromatic ring is 1. The molecule has 5 N–H and O–H groups in total. The van der Waals surface area contributed by atoms with Gasteiger partial charge in [0.2, 0.25) is 10.0 Å². The number of aromatic amines is 1. The molecule has 0 radical (unpaired) electrons. The molecule has 1 unspecified atom stereocenters. The molecule has 112 valence electrons. The summed E-state index contributed by atoms with van der Waals surface area (Å²) in [6.07, 6.45) is 1.24. The SMILES string of the molecule is CC(NS(=O)(=O)c1c[nH]c(C(=O)NN)c1)c1ccccc1. The number of hydrazine groups is 1. The number of rotatable bonds is 5. The van der Waals surface area contributed by atoms with Gasteiger partial charge in [-0.15, -0.1) is 0 Å². The van der Waals surface area contributed by atoms with Crippen molar-refractivity contribution >= 4 is 15.9 Å². The third-order valence-electron chi connectivity index (χ3n) is 2.97. The molecule has 0 saturated heterocycles. The Hall–Kier alpha value is -2.16. The molecule has 0 spiro atoms. The van der Waals surface area contributed by atoms with Crippen LogP contribution >= 0.6 is 0 Å². The van der Waals surface area contributed by atoms with Gasteiger partial charge in [0.05, 0.1) is 0 Å². The molecular formula is C13H16N4O3S. The van der Waals surface area contributed by atoms with Gasteiger partial charge >= 0.3 is 0 Å². The van der Waals surface area contributed by atoms with Gasteiger partial charge in [0.25, 0.3) is 5.91 Å². The number of nitrogens with two attached hydrogens (primary N) is 1. The molecule has 1 heterocycles. The minimum absolute atomic E-state index is 0.0242. The van der Waals surface area contributed by atoms with Crippen molar-refractivity contribution in [2.75, 3.05) is 0 Å². The third-order valence-corrected chi connectivity index (χ3v) is 4.49. The van der Waals surface area contributed by atoms with Crippen molar-refractivity contribution in [1.29, 1.82) is 0 Å². The van der Waals surface area contributed by atoms with Gasteiger partial charge in [0, 0.05) is 12.2 Å². The van der Waals surface area contributed by atoms with E-state index in [1.807, 2.05) is 35.8 Å². The third kappa shape index (κ3) is 3.48. The van der Waals surface area contributed by atoms with Crippen molar-refractivity contribution in [2.24, 2.45) is 5.84 Å². The second-order valence-electron chi connectivity index (χ2n) is 4.48. The van der Waals surface area contributed by atoms with E-state index in [-0.39, 0.29) is 10.6 Å². The predicted molar refractivity (Wildman–Crippen MR) is 77.6 cm³/mol. The molecule has 0 aliphatic rings. The smallest absolute Gasteiger partial charge is 0.281 e. The Bertz CT molecular complexity index is 725. The van der Waals surface area contributed by atoms with Crippen molar-refractivity contribution in [2.45, 2.75) is 17.9 Å². The molecule has 2 rings (SSSR count). The highest BCUT2D eigenvalue weighted by atomic mass is 32.2. The topological polar surface area (TPSA) is 117 Å². The van der Waals surface area contributed by atoms with Crippen molar-refractivity contribution in [3.8, 4) is 0 Å². The van der Waals surface area contributed by atoms with Crippen LogP contribution in [0.15, 0.2) is 47.5 Å². The van der Waals surface area contributed by atoms with Crippen molar-refractivity contribution in [3.63, 3.8) is 0 Å². The lowest BCUT2D eigenvalue weighted by atomic mass is 10.1. The highest BCUT2D eigenvalue weighted by Crippen LogP contribution is 2.17. The average Bonchev–Trinajstić information content (AvgIpc) is 2.97. The maximum atomic E-state index is 12.2. The minimum Gasteiger partial charge on any atom is -0.356 e. The van der Waals surface area contributed by atoms with Crippen LogP contribution in [-0.2, 0) is 10.0 Å². The van der Waals surface area contributed by atoms with Crippen LogP contribution in [0.1, 0.15) is 29.0 Å². The monoisotopic (exact) mass is 308 g/mol. The summed E-state index contributed by atoms with van der Waals surface area (Å²) < 4.78 is 27.0. The number of carbonyl (C=O) groups is 1. The molecule has 1 aromatic heterocycles. The van der Waals surface area contributed by atoms with Gasteiger partial charge in [-0.1, -0.05) is 30.3 Å². The van der Waals surface area contributed by atoms with Gasteiger partial charge in [-0.05, 0) is 18.6 Å². The summed E-state index contributed by atoms with van der Waals surface area (Å²) in [4.78, 5) is 13.9. The molecule has 21 heavy (non-hydrogen) atoms. The second kappa shape index (κ2) is 6.08. The summed E-state index contributed by atoms with van der Waals surface area (Å²) in [6, 6.07) is 10.0. The van der Waals surface area contributed by atoms with Crippen LogP contribution in [0.25, 0.3) is 0 Å². The summed E-state index contributed by atoms with van der Waals surface area (Å²) in [5.41, 5.74) is 2.85. The number of benzene rings is 1. The number of amides is 1. The Kier molecular flexibility index (Phi) is 4.41. The van der Waals surface area contributed by atoms with Crippen LogP contribution < -0.4 is 16.0 Å². The first-order valence-corrected chi connectivity index (χ1v) is 7.69. The molecule has 0 aliphatic heterocycles. The van der Waals surface area contributed by atoms with Gasteiger partial charge in [-0.25, -0.2) is 19.0 Å². The molecule has 7 nitrogen and oxygen atoms in total. The summed E-state index contributed by atoms with van der Waals surface area (Å²) >= 11 is 0. The van der Waals surface area contributed by atoms with E-state index < -0.39 is 22.0 Å². The maximum Gasteiger partial charge on any atom is 0.281 e. The first-order chi connectivity index (χ1) is 9.94. The number of aromatic nitrogens is 1. The number of carbonyl (C=O) groups excluding carboxylic acids is 1. The van der Waals surface area contributed by atoms with Crippen LogP contribution in [0, 0.1) is 0 Å². The summed E-state index contributed by atoms with van der Waals surface area (Å²) in [6.45, 7) is 1.74. The number of sulfonamides is 1. The highest BCUT2D eigenvalue weighted by molar-refractivity contribution is 7.89. The zero-order chi connectivity index (χ0) is 15.5. The normalized spacial score (nSPS) is 12.9. The summed E-state index contributed by atoms with van der Waals surface area (Å²) in [7, 11) is -3.73. The van der Waals surface area contributed by atoms with E-state index in [0.29, 0.717) is 0 Å². The first-order valence-electron chi connectivity index (χ1n) is 6.20. The Labute approximate surface area is 122 Å². The fourth-order valence-electron chi connectivity index (χ4n) is 1.85. The fraction of sp³-hybridized carbons (Fsp3) is 0.154. The molecule has 0 fully saturated rings. The number of hydrogen-bond acceptors (Lipinski definition) is 4. The fourth-order valence-corrected chi connectivity index (χ4v) is 3.07. The maximum absolute atomic E-state index is 12.2. The molecule has 1 amide bonds. The summed E-state index contributed by atoms with van der Waals surface area (Å²) in [5, 5.41) is 0. The number of hydrogen-bond donors (Lipinski definition) is 4. The van der Waals surface area contributed by atoms with Crippen LogP contribution in [0.2, 0.25) is 0 Å². The molecule has 0 bridgehead atoms. The Morgan fingerprint density at radius 1 is 1.29 bits per heavy atom. The molecule has 0 saturated carbocycles. The first kappa shape index (κ1) is 15.2. The van der Waals surface area contributed by atoms with Gasteiger partial charge < -0.3 is 4.98 Å². The van der Waals surface area contributed by atoms with Crippen LogP contribution in [-0.4, -0.2) is 19.3 Å². The Morgan fingerprint density at radius 2 is 1.95 bits per heavy atom. The van der Waals surface area contributed by atoms with E-state index in [0.717, 1.165) is 5.56 Å². The van der Waals surface area contributed by atoms with Crippen molar-refractivity contribution in [3.05, 3.63) is 53.9 Å². The lowest BCUT2D eigenvalue weighted by Gasteiger charge is -2.13. The second-order valence-corrected chi connectivity index (χ2v) is 6.19. The zero-order valence-corrected chi connectivity index (χ0v) is 12.1. The Morgan fingerprint density at radius 3 is 2.57 bits per heavy atom. The van der Waals surface area contributed by atoms with Crippen molar-refractivity contribution < 1.29 is 13.2 Å². The number of nitrogens with one attached hydrogen (secondary N) is 3. The Balaban J connectivity index is 2.19.